The van der Waals surface area contributed by atoms with Gasteiger partial charge in [0.25, 0.3) is 0 Å². The van der Waals surface area contributed by atoms with Crippen LogP contribution in [0.3, 0.4) is 0 Å². The van der Waals surface area contributed by atoms with Gasteiger partial charge in [0, 0.05) is 12.5 Å². The molecule has 2 unspecified atom stereocenters. The fourth-order valence-electron chi connectivity index (χ4n) is 1.87. The Kier molecular flexibility index (Phi) is 5.82. The van der Waals surface area contributed by atoms with E-state index in [0.29, 0.717) is 0 Å². The van der Waals surface area contributed by atoms with Crippen molar-refractivity contribution in [1.82, 2.24) is 0 Å². The topological polar surface area (TPSA) is 83.5 Å². The predicted molar refractivity (Wildman–Crippen MR) is 70.2 cm³/mol. The maximum atomic E-state index is 10.4. The first kappa shape index (κ1) is 14.7. The van der Waals surface area contributed by atoms with Gasteiger partial charge in [0.15, 0.2) is 0 Å². The van der Waals surface area contributed by atoms with Crippen LogP contribution < -0.4 is 5.73 Å². The van der Waals surface area contributed by atoms with Gasteiger partial charge in [0.2, 0.25) is 0 Å². The van der Waals surface area contributed by atoms with Crippen molar-refractivity contribution in [3.8, 4) is 0 Å². The lowest BCUT2D eigenvalue weighted by atomic mass is 9.97. The lowest BCUT2D eigenvalue weighted by Crippen LogP contribution is -2.29. The van der Waals surface area contributed by atoms with Gasteiger partial charge in [0.05, 0.1) is 6.10 Å². The summed E-state index contributed by atoms with van der Waals surface area (Å²) in [6.45, 7) is 2.12. The summed E-state index contributed by atoms with van der Waals surface area (Å²) in [4.78, 5) is 10.4. The van der Waals surface area contributed by atoms with Crippen LogP contribution in [0, 0.1) is 0 Å². The van der Waals surface area contributed by atoms with Crippen molar-refractivity contribution in [3.05, 3.63) is 35.4 Å². The van der Waals surface area contributed by atoms with Crippen LogP contribution in [0.5, 0.6) is 0 Å². The van der Waals surface area contributed by atoms with Crippen molar-refractivity contribution in [2.24, 2.45) is 5.73 Å². The summed E-state index contributed by atoms with van der Waals surface area (Å²) >= 11 is 0. The Bertz CT molecular complexity index is 375. The van der Waals surface area contributed by atoms with Crippen molar-refractivity contribution in [2.45, 2.75) is 44.8 Å². The molecule has 0 fully saturated rings. The number of rotatable bonds is 7. The van der Waals surface area contributed by atoms with E-state index in [4.69, 9.17) is 10.8 Å². The van der Waals surface area contributed by atoms with Gasteiger partial charge in [-0.2, -0.15) is 0 Å². The van der Waals surface area contributed by atoms with E-state index >= 15 is 0 Å². The molecule has 4 nitrogen and oxygen atoms in total. The number of hydrogen-bond donors (Lipinski definition) is 3. The van der Waals surface area contributed by atoms with E-state index < -0.39 is 18.1 Å². The summed E-state index contributed by atoms with van der Waals surface area (Å²) in [5, 5.41) is 18.6. The molecule has 0 saturated carbocycles. The van der Waals surface area contributed by atoms with Crippen LogP contribution in [0.25, 0.3) is 0 Å². The number of hydrogen-bond acceptors (Lipinski definition) is 3. The van der Waals surface area contributed by atoms with Crippen LogP contribution in [0.4, 0.5) is 0 Å². The van der Waals surface area contributed by atoms with Crippen LogP contribution >= 0.6 is 0 Å². The Balaban J connectivity index is 2.59. The van der Waals surface area contributed by atoms with Gasteiger partial charge in [-0.3, -0.25) is 4.79 Å². The highest BCUT2D eigenvalue weighted by molar-refractivity contribution is 5.66. The highest BCUT2D eigenvalue weighted by Crippen LogP contribution is 2.19. The summed E-state index contributed by atoms with van der Waals surface area (Å²) in [6, 6.07) is 7.13. The van der Waals surface area contributed by atoms with Gasteiger partial charge in [0.1, 0.15) is 0 Å². The second-order valence-electron chi connectivity index (χ2n) is 4.53. The van der Waals surface area contributed by atoms with Gasteiger partial charge in [-0.1, -0.05) is 37.6 Å². The molecule has 1 aromatic rings. The molecule has 0 heterocycles. The Hall–Kier alpha value is -1.39. The lowest BCUT2D eigenvalue weighted by molar-refractivity contribution is -0.137. The molecule has 0 bridgehead atoms. The monoisotopic (exact) mass is 251 g/mol. The molecule has 0 saturated heterocycles. The normalized spacial score (nSPS) is 14.2. The van der Waals surface area contributed by atoms with Gasteiger partial charge >= 0.3 is 5.97 Å². The summed E-state index contributed by atoms with van der Waals surface area (Å²) in [5.74, 6) is -0.893. The minimum absolute atomic E-state index is 0.0217. The molecule has 100 valence electrons. The van der Waals surface area contributed by atoms with Crippen molar-refractivity contribution in [1.29, 1.82) is 0 Å². The second kappa shape index (κ2) is 7.13. The minimum Gasteiger partial charge on any atom is -0.481 e. The van der Waals surface area contributed by atoms with Crippen molar-refractivity contribution < 1.29 is 15.0 Å². The third-order valence-corrected chi connectivity index (χ3v) is 2.96. The van der Waals surface area contributed by atoms with E-state index in [9.17, 15) is 9.90 Å². The standard InChI is InChI=1S/C14H21NO3/c1-2-3-10-4-6-11(7-5-10)14(18)12(15)8-9-13(16)17/h4-7,12,14,18H,2-3,8-9,15H2,1H3,(H,16,17). The summed E-state index contributed by atoms with van der Waals surface area (Å²) in [7, 11) is 0. The fraction of sp³-hybridized carbons (Fsp3) is 0.500. The molecule has 0 aromatic heterocycles. The zero-order chi connectivity index (χ0) is 13.5. The van der Waals surface area contributed by atoms with E-state index in [0.717, 1.165) is 18.4 Å². The van der Waals surface area contributed by atoms with Gasteiger partial charge in [-0.25, -0.2) is 0 Å². The number of aryl methyl sites for hydroxylation is 1. The molecule has 4 N–H and O–H groups in total. The summed E-state index contributed by atoms with van der Waals surface area (Å²) in [5.41, 5.74) is 7.75. The smallest absolute Gasteiger partial charge is 0.303 e. The number of aliphatic carboxylic acids is 1. The Morgan fingerprint density at radius 1 is 1.33 bits per heavy atom. The number of aliphatic hydroxyl groups is 1. The summed E-state index contributed by atoms with van der Waals surface area (Å²) in [6.07, 6.45) is 1.54. The Morgan fingerprint density at radius 2 is 1.94 bits per heavy atom. The van der Waals surface area contributed by atoms with Crippen molar-refractivity contribution in [3.63, 3.8) is 0 Å². The molecular formula is C14H21NO3. The van der Waals surface area contributed by atoms with Crippen LogP contribution in [0.1, 0.15) is 43.4 Å². The molecule has 0 radical (unpaired) electrons. The first-order valence-electron chi connectivity index (χ1n) is 6.29. The minimum atomic E-state index is -0.893. The maximum Gasteiger partial charge on any atom is 0.303 e. The third-order valence-electron chi connectivity index (χ3n) is 2.96. The number of carboxylic acid groups (broad SMARTS) is 1. The SMILES string of the molecule is CCCc1ccc(C(O)C(N)CCC(=O)O)cc1. The first-order chi connectivity index (χ1) is 8.54. The van der Waals surface area contributed by atoms with E-state index in [2.05, 4.69) is 6.92 Å². The molecule has 1 aromatic carbocycles. The van der Waals surface area contributed by atoms with Gasteiger partial charge in [-0.05, 0) is 24.0 Å². The molecule has 0 aliphatic rings. The van der Waals surface area contributed by atoms with Crippen LogP contribution in [0.15, 0.2) is 24.3 Å². The highest BCUT2D eigenvalue weighted by atomic mass is 16.4. The maximum absolute atomic E-state index is 10.4. The molecule has 0 aliphatic carbocycles. The Morgan fingerprint density at radius 3 is 2.44 bits per heavy atom. The average molecular weight is 251 g/mol. The molecule has 18 heavy (non-hydrogen) atoms. The predicted octanol–water partition coefficient (Wildman–Crippen LogP) is 1.86. The highest BCUT2D eigenvalue weighted by Gasteiger charge is 2.17. The van der Waals surface area contributed by atoms with E-state index in [1.807, 2.05) is 24.3 Å². The van der Waals surface area contributed by atoms with Crippen molar-refractivity contribution in [2.75, 3.05) is 0 Å². The summed E-state index contributed by atoms with van der Waals surface area (Å²) < 4.78 is 0. The quantitative estimate of drug-likeness (QED) is 0.690. The molecule has 0 spiro atoms. The zero-order valence-electron chi connectivity index (χ0n) is 10.7. The number of carbonyl (C=O) groups is 1. The second-order valence-corrected chi connectivity index (χ2v) is 4.53. The molecule has 4 heteroatoms. The average Bonchev–Trinajstić information content (AvgIpc) is 2.36. The molecule has 0 aliphatic heterocycles. The first-order valence-corrected chi connectivity index (χ1v) is 6.29. The largest absolute Gasteiger partial charge is 0.481 e. The van der Waals surface area contributed by atoms with E-state index in [-0.39, 0.29) is 12.8 Å². The molecular weight excluding hydrogens is 230 g/mol. The third kappa shape index (κ3) is 4.47. The van der Waals surface area contributed by atoms with Gasteiger partial charge < -0.3 is 15.9 Å². The van der Waals surface area contributed by atoms with E-state index in [1.54, 1.807) is 0 Å². The fourth-order valence-corrected chi connectivity index (χ4v) is 1.87. The molecule has 1 rings (SSSR count). The van der Waals surface area contributed by atoms with Crippen LogP contribution in [-0.4, -0.2) is 22.2 Å². The van der Waals surface area contributed by atoms with Crippen LogP contribution in [-0.2, 0) is 11.2 Å². The lowest BCUT2D eigenvalue weighted by Gasteiger charge is -2.18. The zero-order valence-corrected chi connectivity index (χ0v) is 10.7. The number of carboxylic acids is 1. The van der Waals surface area contributed by atoms with E-state index in [1.165, 1.54) is 5.56 Å². The van der Waals surface area contributed by atoms with Crippen LogP contribution in [0.2, 0.25) is 0 Å². The number of nitrogens with two attached hydrogens (primary N) is 1. The number of benzene rings is 1. The van der Waals surface area contributed by atoms with Crippen molar-refractivity contribution >= 4 is 5.97 Å². The molecule has 2 atom stereocenters. The Labute approximate surface area is 107 Å². The van der Waals surface area contributed by atoms with Gasteiger partial charge in [-0.15, -0.1) is 0 Å². The molecule has 0 amide bonds. The number of aliphatic hydroxyl groups excluding tert-OH is 1.